The van der Waals surface area contributed by atoms with Crippen molar-refractivity contribution in [1.82, 2.24) is 20.7 Å². The van der Waals surface area contributed by atoms with Crippen LogP contribution in [0.4, 0.5) is 13.2 Å². The van der Waals surface area contributed by atoms with Crippen molar-refractivity contribution >= 4 is 16.8 Å². The fraction of sp³-hybridized carbons (Fsp3) is 0.105. The molecule has 2 aromatic carbocycles. The number of halogens is 3. The first kappa shape index (κ1) is 17.8. The summed E-state index contributed by atoms with van der Waals surface area (Å²) >= 11 is 0. The van der Waals surface area contributed by atoms with Crippen molar-refractivity contribution in [2.75, 3.05) is 0 Å². The minimum absolute atomic E-state index is 0.0215. The van der Waals surface area contributed by atoms with Crippen LogP contribution in [0.5, 0.6) is 0 Å². The predicted octanol–water partition coefficient (Wildman–Crippen LogP) is 4.17. The predicted molar refractivity (Wildman–Crippen MR) is 94.2 cm³/mol. The number of aromatic nitrogens is 3. The molecule has 9 heteroatoms. The highest BCUT2D eigenvalue weighted by atomic mass is 19.4. The van der Waals surface area contributed by atoms with E-state index in [-0.39, 0.29) is 17.8 Å². The smallest absolute Gasteiger partial charge is 0.355 e. The number of carbonyl (C=O) groups excluding carboxylic acids is 1. The number of benzene rings is 2. The molecular weight excluding hydrogens is 373 g/mol. The van der Waals surface area contributed by atoms with E-state index in [1.54, 1.807) is 12.3 Å². The Labute approximate surface area is 156 Å². The Morgan fingerprint density at radius 2 is 1.96 bits per heavy atom. The lowest BCUT2D eigenvalue weighted by Gasteiger charge is -2.12. The van der Waals surface area contributed by atoms with Crippen LogP contribution in [0, 0.1) is 0 Å². The van der Waals surface area contributed by atoms with Crippen LogP contribution in [0.15, 0.2) is 59.3 Å². The van der Waals surface area contributed by atoms with E-state index in [2.05, 4.69) is 20.7 Å². The molecule has 0 bridgehead atoms. The monoisotopic (exact) mass is 386 g/mol. The molecular formula is C19H13F3N4O2. The highest BCUT2D eigenvalue weighted by Crippen LogP contribution is 2.31. The second kappa shape index (κ2) is 6.84. The van der Waals surface area contributed by atoms with Crippen LogP contribution in [0.1, 0.15) is 21.6 Å². The number of hydrogen-bond donors (Lipinski definition) is 2. The van der Waals surface area contributed by atoms with Gasteiger partial charge < -0.3 is 9.84 Å². The zero-order chi connectivity index (χ0) is 19.7. The number of alkyl halides is 3. The maximum atomic E-state index is 13.0. The molecule has 4 rings (SSSR count). The van der Waals surface area contributed by atoms with Gasteiger partial charge in [-0.2, -0.15) is 18.3 Å². The summed E-state index contributed by atoms with van der Waals surface area (Å²) < 4.78 is 44.3. The quantitative estimate of drug-likeness (QED) is 0.552. The van der Waals surface area contributed by atoms with E-state index in [0.717, 1.165) is 17.0 Å². The number of hydrogen-bond acceptors (Lipinski definition) is 4. The second-order valence-electron chi connectivity index (χ2n) is 6.09. The van der Waals surface area contributed by atoms with Crippen LogP contribution in [0.3, 0.4) is 0 Å². The van der Waals surface area contributed by atoms with E-state index in [0.29, 0.717) is 11.3 Å². The van der Waals surface area contributed by atoms with E-state index in [4.69, 9.17) is 4.52 Å². The molecule has 0 saturated carbocycles. The van der Waals surface area contributed by atoms with Gasteiger partial charge >= 0.3 is 6.18 Å². The fourth-order valence-electron chi connectivity index (χ4n) is 2.83. The van der Waals surface area contributed by atoms with Crippen molar-refractivity contribution in [3.05, 3.63) is 71.5 Å². The van der Waals surface area contributed by atoms with Gasteiger partial charge in [0.15, 0.2) is 11.5 Å². The lowest BCUT2D eigenvalue weighted by molar-refractivity contribution is -0.138. The molecule has 2 N–H and O–H groups in total. The first-order valence-electron chi connectivity index (χ1n) is 8.25. The summed E-state index contributed by atoms with van der Waals surface area (Å²) in [5.74, 6) is -0.264. The molecule has 2 aromatic heterocycles. The van der Waals surface area contributed by atoms with Crippen LogP contribution in [-0.4, -0.2) is 21.3 Å². The maximum Gasteiger partial charge on any atom is 0.416 e. The van der Waals surface area contributed by atoms with Gasteiger partial charge in [0.25, 0.3) is 5.91 Å². The number of H-pyrrole nitrogens is 1. The third-order valence-corrected chi connectivity index (χ3v) is 4.23. The van der Waals surface area contributed by atoms with E-state index >= 15 is 0 Å². The summed E-state index contributed by atoms with van der Waals surface area (Å²) in [6, 6.07) is 11.9. The van der Waals surface area contributed by atoms with Crippen molar-refractivity contribution in [3.63, 3.8) is 0 Å². The van der Waals surface area contributed by atoms with Crippen LogP contribution in [0.2, 0.25) is 0 Å². The molecule has 142 valence electrons. The molecule has 0 atom stereocenters. The summed E-state index contributed by atoms with van der Waals surface area (Å²) in [5, 5.41) is 13.8. The van der Waals surface area contributed by atoms with Crippen molar-refractivity contribution in [2.45, 2.75) is 12.7 Å². The maximum absolute atomic E-state index is 13.0. The minimum Gasteiger partial charge on any atom is -0.355 e. The van der Waals surface area contributed by atoms with Gasteiger partial charge in [0.2, 0.25) is 0 Å². The molecule has 6 nitrogen and oxygen atoms in total. The van der Waals surface area contributed by atoms with Crippen molar-refractivity contribution < 1.29 is 22.5 Å². The third-order valence-electron chi connectivity index (χ3n) is 4.23. The summed E-state index contributed by atoms with van der Waals surface area (Å²) in [4.78, 5) is 12.3. The molecule has 0 radical (unpaired) electrons. The molecule has 0 fully saturated rings. The first-order valence-corrected chi connectivity index (χ1v) is 8.25. The lowest BCUT2D eigenvalue weighted by atomic mass is 10.1. The molecule has 4 aromatic rings. The molecule has 0 aliphatic carbocycles. The Morgan fingerprint density at radius 1 is 1.14 bits per heavy atom. The Hall–Kier alpha value is -3.62. The first-order chi connectivity index (χ1) is 13.4. The van der Waals surface area contributed by atoms with Gasteiger partial charge in [-0.1, -0.05) is 23.4 Å². The fourth-order valence-corrected chi connectivity index (χ4v) is 2.83. The Kier molecular flexibility index (Phi) is 4.34. The number of amides is 1. The highest BCUT2D eigenvalue weighted by Gasteiger charge is 2.32. The van der Waals surface area contributed by atoms with Crippen molar-refractivity contribution in [3.8, 4) is 11.3 Å². The summed E-state index contributed by atoms with van der Waals surface area (Å²) in [6.45, 7) is -0.280. The minimum atomic E-state index is -4.49. The standard InChI is InChI=1S/C19H13F3N4O2/c20-19(21,22)14-4-2-1-3-12(14)9-23-18(27)16-8-17(28-26-16)11-5-6-15-13(7-11)10-24-25-15/h1-8,10H,9H2,(H,23,27)(H,24,25). The van der Waals surface area contributed by atoms with Gasteiger partial charge in [0.1, 0.15) is 0 Å². The molecule has 0 saturated heterocycles. The average Bonchev–Trinajstić information content (AvgIpc) is 3.34. The van der Waals surface area contributed by atoms with Gasteiger partial charge in [-0.05, 0) is 29.8 Å². The van der Waals surface area contributed by atoms with E-state index < -0.39 is 17.6 Å². The van der Waals surface area contributed by atoms with Crippen molar-refractivity contribution in [2.24, 2.45) is 0 Å². The second-order valence-corrected chi connectivity index (χ2v) is 6.09. The van der Waals surface area contributed by atoms with Gasteiger partial charge in [0.05, 0.1) is 17.3 Å². The molecule has 0 spiro atoms. The number of nitrogens with zero attached hydrogens (tertiary/aromatic N) is 2. The third kappa shape index (κ3) is 3.46. The number of nitrogens with one attached hydrogen (secondary N) is 2. The van der Waals surface area contributed by atoms with Crippen LogP contribution in [0.25, 0.3) is 22.2 Å². The largest absolute Gasteiger partial charge is 0.416 e. The van der Waals surface area contributed by atoms with Gasteiger partial charge in [-0.15, -0.1) is 0 Å². The van der Waals surface area contributed by atoms with E-state index in [1.165, 1.54) is 24.3 Å². The molecule has 2 heterocycles. The van der Waals surface area contributed by atoms with Crippen LogP contribution in [-0.2, 0) is 12.7 Å². The number of fused-ring (bicyclic) bond motifs is 1. The molecule has 0 unspecified atom stereocenters. The van der Waals surface area contributed by atoms with Gasteiger partial charge in [-0.3, -0.25) is 9.89 Å². The highest BCUT2D eigenvalue weighted by molar-refractivity contribution is 5.93. The Bertz CT molecular complexity index is 1150. The Balaban J connectivity index is 1.49. The zero-order valence-electron chi connectivity index (χ0n) is 14.2. The number of rotatable bonds is 4. The summed E-state index contributed by atoms with van der Waals surface area (Å²) in [5.41, 5.74) is 0.709. The average molecular weight is 386 g/mol. The number of aromatic amines is 1. The zero-order valence-corrected chi connectivity index (χ0v) is 14.2. The van der Waals surface area contributed by atoms with Gasteiger partial charge in [-0.25, -0.2) is 0 Å². The summed E-state index contributed by atoms with van der Waals surface area (Å²) in [7, 11) is 0. The topological polar surface area (TPSA) is 83.8 Å². The van der Waals surface area contributed by atoms with Crippen LogP contribution < -0.4 is 5.32 Å². The van der Waals surface area contributed by atoms with Crippen LogP contribution >= 0.6 is 0 Å². The van der Waals surface area contributed by atoms with E-state index in [9.17, 15) is 18.0 Å². The SMILES string of the molecule is O=C(NCc1ccccc1C(F)(F)F)c1cc(-c2ccc3[nH]ncc3c2)on1. The summed E-state index contributed by atoms with van der Waals surface area (Å²) in [6.07, 6.45) is -2.84. The lowest BCUT2D eigenvalue weighted by Crippen LogP contribution is -2.24. The molecule has 28 heavy (non-hydrogen) atoms. The normalized spacial score (nSPS) is 11.7. The number of carbonyl (C=O) groups is 1. The van der Waals surface area contributed by atoms with Gasteiger partial charge in [0, 0.05) is 23.6 Å². The van der Waals surface area contributed by atoms with Crippen molar-refractivity contribution in [1.29, 1.82) is 0 Å². The Morgan fingerprint density at radius 3 is 2.79 bits per heavy atom. The van der Waals surface area contributed by atoms with E-state index in [1.807, 2.05) is 12.1 Å². The molecule has 0 aliphatic heterocycles. The molecule has 0 aliphatic rings. The molecule has 1 amide bonds.